The van der Waals surface area contributed by atoms with Crippen LogP contribution >= 0.6 is 0 Å². The zero-order valence-corrected chi connectivity index (χ0v) is 14.2. The molecule has 24 heavy (non-hydrogen) atoms. The highest BCUT2D eigenvalue weighted by atomic mass is 16.5. The number of amides is 1. The Bertz CT molecular complexity index is 645. The van der Waals surface area contributed by atoms with E-state index in [4.69, 9.17) is 9.47 Å². The number of carbonyl (C=O) groups excluding carboxylic acids is 1. The third kappa shape index (κ3) is 5.09. The molecule has 1 unspecified atom stereocenters. The molecule has 0 aliphatic carbocycles. The highest BCUT2D eigenvalue weighted by molar-refractivity contribution is 6.00. The van der Waals surface area contributed by atoms with Crippen LogP contribution in [0.3, 0.4) is 0 Å². The Labute approximate surface area is 141 Å². The van der Waals surface area contributed by atoms with Crippen molar-refractivity contribution in [3.63, 3.8) is 0 Å². The lowest BCUT2D eigenvalue weighted by atomic mass is 10.1. The van der Waals surface area contributed by atoms with Gasteiger partial charge in [-0.1, -0.05) is 18.2 Å². The summed E-state index contributed by atoms with van der Waals surface area (Å²) in [5.74, 6) is -0.811. The summed E-state index contributed by atoms with van der Waals surface area (Å²) in [5, 5.41) is 11.8. The maximum Gasteiger partial charge on any atom is 0.326 e. The molecule has 1 aromatic rings. The largest absolute Gasteiger partial charge is 0.488 e. The monoisotopic (exact) mass is 333 g/mol. The minimum absolute atomic E-state index is 0.119. The van der Waals surface area contributed by atoms with Crippen LogP contribution in [-0.2, 0) is 14.3 Å². The van der Waals surface area contributed by atoms with Crippen LogP contribution in [0.1, 0.15) is 32.8 Å². The topological polar surface area (TPSA) is 84.9 Å². The van der Waals surface area contributed by atoms with Crippen LogP contribution in [0.4, 0.5) is 0 Å². The quantitative estimate of drug-likeness (QED) is 0.834. The number of hydrogen-bond acceptors (Lipinski definition) is 4. The van der Waals surface area contributed by atoms with Crippen molar-refractivity contribution in [2.75, 3.05) is 13.2 Å². The Morgan fingerprint density at radius 3 is 2.71 bits per heavy atom. The molecule has 0 spiro atoms. The maximum atomic E-state index is 12.3. The molecule has 0 saturated carbocycles. The van der Waals surface area contributed by atoms with Crippen molar-refractivity contribution in [2.24, 2.45) is 0 Å². The Balaban J connectivity index is 1.98. The lowest BCUT2D eigenvalue weighted by molar-refractivity contribution is -0.142. The highest BCUT2D eigenvalue weighted by Gasteiger charge is 2.24. The molecule has 0 bridgehead atoms. The minimum atomic E-state index is -1.08. The van der Waals surface area contributed by atoms with Gasteiger partial charge in [0.15, 0.2) is 0 Å². The zero-order chi connectivity index (χ0) is 17.7. The van der Waals surface area contributed by atoms with Crippen LogP contribution in [0.15, 0.2) is 29.8 Å². The van der Waals surface area contributed by atoms with Gasteiger partial charge in [0.25, 0.3) is 5.91 Å². The predicted molar refractivity (Wildman–Crippen MR) is 89.8 cm³/mol. The molecule has 0 aromatic heterocycles. The van der Waals surface area contributed by atoms with Gasteiger partial charge >= 0.3 is 5.97 Å². The number of ether oxygens (including phenoxy) is 2. The second-order valence-electron chi connectivity index (χ2n) is 6.61. The van der Waals surface area contributed by atoms with Gasteiger partial charge in [-0.05, 0) is 32.9 Å². The van der Waals surface area contributed by atoms with Crippen LogP contribution < -0.4 is 10.1 Å². The summed E-state index contributed by atoms with van der Waals surface area (Å²) < 4.78 is 11.1. The number of carboxylic acid groups (broad SMARTS) is 1. The number of carbonyl (C=O) groups is 2. The van der Waals surface area contributed by atoms with E-state index in [1.54, 1.807) is 6.08 Å². The van der Waals surface area contributed by atoms with Crippen LogP contribution in [0.2, 0.25) is 0 Å². The van der Waals surface area contributed by atoms with Gasteiger partial charge < -0.3 is 19.9 Å². The van der Waals surface area contributed by atoms with Crippen molar-refractivity contribution in [2.45, 2.75) is 38.8 Å². The van der Waals surface area contributed by atoms with E-state index in [1.165, 1.54) is 0 Å². The van der Waals surface area contributed by atoms with E-state index in [0.29, 0.717) is 11.3 Å². The van der Waals surface area contributed by atoms with E-state index in [-0.39, 0.29) is 25.2 Å². The van der Waals surface area contributed by atoms with Crippen molar-refractivity contribution < 1.29 is 24.2 Å². The van der Waals surface area contributed by atoms with E-state index >= 15 is 0 Å². The molecule has 0 saturated heterocycles. The molecular formula is C18H23NO5. The Morgan fingerprint density at radius 2 is 2.04 bits per heavy atom. The molecule has 130 valence electrons. The average Bonchev–Trinajstić information content (AvgIpc) is 2.52. The van der Waals surface area contributed by atoms with Gasteiger partial charge in [0.05, 0.1) is 11.2 Å². The Kier molecular flexibility index (Phi) is 5.62. The minimum Gasteiger partial charge on any atom is -0.488 e. The third-order valence-corrected chi connectivity index (χ3v) is 3.47. The lowest BCUT2D eigenvalue weighted by Gasteiger charge is -2.22. The summed E-state index contributed by atoms with van der Waals surface area (Å²) in [7, 11) is 0. The summed E-state index contributed by atoms with van der Waals surface area (Å²) in [6.07, 6.45) is 1.92. The molecular weight excluding hydrogens is 310 g/mol. The fourth-order valence-corrected chi connectivity index (χ4v) is 2.24. The van der Waals surface area contributed by atoms with Gasteiger partial charge in [0.2, 0.25) is 0 Å². The first-order valence-corrected chi connectivity index (χ1v) is 7.86. The molecule has 1 heterocycles. The number of carboxylic acids is 1. The van der Waals surface area contributed by atoms with Crippen molar-refractivity contribution in [3.8, 4) is 5.75 Å². The van der Waals surface area contributed by atoms with Gasteiger partial charge in [-0.25, -0.2) is 4.79 Å². The summed E-state index contributed by atoms with van der Waals surface area (Å²) in [4.78, 5) is 23.7. The Hall–Kier alpha value is -2.34. The van der Waals surface area contributed by atoms with E-state index in [9.17, 15) is 14.7 Å². The first kappa shape index (κ1) is 18.0. The number of nitrogens with one attached hydrogen (secondary N) is 1. The second kappa shape index (κ2) is 7.49. The molecule has 6 nitrogen and oxygen atoms in total. The molecule has 1 atom stereocenters. The number of para-hydroxylation sites is 1. The maximum absolute atomic E-state index is 12.3. The summed E-state index contributed by atoms with van der Waals surface area (Å²) in [6, 6.07) is 6.37. The van der Waals surface area contributed by atoms with E-state index in [1.807, 2.05) is 45.0 Å². The van der Waals surface area contributed by atoms with E-state index in [2.05, 4.69) is 5.32 Å². The molecule has 6 heteroatoms. The second-order valence-corrected chi connectivity index (χ2v) is 6.61. The summed E-state index contributed by atoms with van der Waals surface area (Å²) >= 11 is 0. The van der Waals surface area contributed by atoms with Crippen LogP contribution in [0.5, 0.6) is 5.75 Å². The normalized spacial score (nSPS) is 14.9. The average molecular weight is 333 g/mol. The van der Waals surface area contributed by atoms with Gasteiger partial charge in [-0.2, -0.15) is 0 Å². The van der Waals surface area contributed by atoms with Crippen LogP contribution in [-0.4, -0.2) is 41.8 Å². The number of rotatable bonds is 6. The molecule has 1 aliphatic rings. The molecule has 0 fully saturated rings. The highest BCUT2D eigenvalue weighted by Crippen LogP contribution is 2.25. The third-order valence-electron chi connectivity index (χ3n) is 3.47. The molecule has 1 amide bonds. The summed E-state index contributed by atoms with van der Waals surface area (Å²) in [6.45, 7) is 6.04. The van der Waals surface area contributed by atoms with E-state index < -0.39 is 17.9 Å². The standard InChI is InChI=1S/C18H23NO5/c1-18(2,3)24-9-8-14(17(21)22)19-16(20)13-10-12-6-4-5-7-15(12)23-11-13/h4-7,10,14H,8-9,11H2,1-3H3,(H,19,20)(H,21,22). The molecule has 0 radical (unpaired) electrons. The Morgan fingerprint density at radius 1 is 1.33 bits per heavy atom. The molecule has 1 aliphatic heterocycles. The van der Waals surface area contributed by atoms with Gasteiger partial charge in [-0.15, -0.1) is 0 Å². The van der Waals surface area contributed by atoms with Crippen molar-refractivity contribution in [3.05, 3.63) is 35.4 Å². The number of hydrogen-bond donors (Lipinski definition) is 2. The van der Waals surface area contributed by atoms with Crippen molar-refractivity contribution in [1.29, 1.82) is 0 Å². The number of fused-ring (bicyclic) bond motifs is 1. The summed E-state index contributed by atoms with van der Waals surface area (Å²) in [5.41, 5.74) is 0.852. The van der Waals surface area contributed by atoms with Crippen molar-refractivity contribution >= 4 is 18.0 Å². The first-order chi connectivity index (χ1) is 11.3. The number of benzene rings is 1. The smallest absolute Gasteiger partial charge is 0.326 e. The fraction of sp³-hybridized carbons (Fsp3) is 0.444. The first-order valence-electron chi connectivity index (χ1n) is 7.86. The van der Waals surface area contributed by atoms with Crippen molar-refractivity contribution in [1.82, 2.24) is 5.32 Å². The molecule has 1 aromatic carbocycles. The van der Waals surface area contributed by atoms with Gasteiger partial charge in [0.1, 0.15) is 18.4 Å². The molecule has 2 N–H and O–H groups in total. The van der Waals surface area contributed by atoms with Crippen LogP contribution in [0, 0.1) is 0 Å². The number of aliphatic carboxylic acids is 1. The molecule has 2 rings (SSSR count). The lowest BCUT2D eigenvalue weighted by Crippen LogP contribution is -2.43. The SMILES string of the molecule is CC(C)(C)OCCC(NC(=O)C1=Cc2ccccc2OC1)C(=O)O. The fourth-order valence-electron chi connectivity index (χ4n) is 2.24. The van der Waals surface area contributed by atoms with E-state index in [0.717, 1.165) is 5.56 Å². The van der Waals surface area contributed by atoms with Gasteiger partial charge in [-0.3, -0.25) is 4.79 Å². The predicted octanol–water partition coefficient (Wildman–Crippen LogP) is 2.24. The van der Waals surface area contributed by atoms with Gasteiger partial charge in [0, 0.05) is 18.6 Å². The zero-order valence-electron chi connectivity index (χ0n) is 14.2. The van der Waals surface area contributed by atoms with Crippen LogP contribution in [0.25, 0.3) is 6.08 Å².